The van der Waals surface area contributed by atoms with Crippen LogP contribution in [0, 0.1) is 10.1 Å². The summed E-state index contributed by atoms with van der Waals surface area (Å²) in [5.74, 6) is -0.0100. The first-order valence-electron chi connectivity index (χ1n) is 6.50. The van der Waals surface area contributed by atoms with Crippen molar-refractivity contribution in [1.29, 1.82) is 0 Å². The molecule has 7 heteroatoms. The number of pyridine rings is 1. The molecule has 1 N–H and O–H groups in total. The smallest absolute Gasteiger partial charge is 0.352 e. The maximum atomic E-state index is 11.3. The van der Waals surface area contributed by atoms with Gasteiger partial charge >= 0.3 is 5.82 Å². The minimum absolute atomic E-state index is 0.0100. The molecule has 2 rings (SSSR count). The Bertz CT molecular complexity index is 609. The SMILES string of the molecule is CC(C)N(CCO)Cc1nc2ccccn2c1[N+](=O)[O-]. The number of hydrogen-bond donors (Lipinski definition) is 1. The quantitative estimate of drug-likeness (QED) is 0.638. The molecule has 20 heavy (non-hydrogen) atoms. The van der Waals surface area contributed by atoms with Gasteiger partial charge in [0.25, 0.3) is 0 Å². The van der Waals surface area contributed by atoms with Crippen molar-refractivity contribution in [3.8, 4) is 0 Å². The van der Waals surface area contributed by atoms with Crippen LogP contribution in [0.15, 0.2) is 24.4 Å². The number of fused-ring (bicyclic) bond motifs is 1. The first kappa shape index (κ1) is 14.4. The topological polar surface area (TPSA) is 83.9 Å². The predicted octanol–water partition coefficient (Wildman–Crippen LogP) is 1.45. The minimum atomic E-state index is -0.410. The number of imidazole rings is 1. The van der Waals surface area contributed by atoms with E-state index in [1.54, 1.807) is 24.4 Å². The van der Waals surface area contributed by atoms with Crippen LogP contribution in [0.1, 0.15) is 19.5 Å². The Morgan fingerprint density at radius 1 is 1.50 bits per heavy atom. The molecular formula is C13H18N4O3. The zero-order valence-electron chi connectivity index (χ0n) is 11.6. The maximum absolute atomic E-state index is 11.3. The van der Waals surface area contributed by atoms with Gasteiger partial charge in [-0.15, -0.1) is 0 Å². The fourth-order valence-corrected chi connectivity index (χ4v) is 2.17. The highest BCUT2D eigenvalue weighted by atomic mass is 16.6. The highest BCUT2D eigenvalue weighted by molar-refractivity contribution is 5.48. The largest absolute Gasteiger partial charge is 0.395 e. The third kappa shape index (κ3) is 2.78. The van der Waals surface area contributed by atoms with Gasteiger partial charge in [0.1, 0.15) is 0 Å². The van der Waals surface area contributed by atoms with E-state index in [2.05, 4.69) is 4.98 Å². The third-order valence-corrected chi connectivity index (χ3v) is 3.22. The number of hydrogen-bond acceptors (Lipinski definition) is 5. The molecule has 0 aliphatic carbocycles. The summed E-state index contributed by atoms with van der Waals surface area (Å²) in [6.07, 6.45) is 1.63. The summed E-state index contributed by atoms with van der Waals surface area (Å²) >= 11 is 0. The Labute approximate surface area is 116 Å². The van der Waals surface area contributed by atoms with Crippen LogP contribution in [-0.4, -0.2) is 43.5 Å². The molecule has 0 saturated carbocycles. The average Bonchev–Trinajstić information content (AvgIpc) is 2.76. The van der Waals surface area contributed by atoms with Gasteiger partial charge in [0.15, 0.2) is 5.69 Å². The molecule has 0 spiro atoms. The summed E-state index contributed by atoms with van der Waals surface area (Å²) < 4.78 is 1.48. The van der Waals surface area contributed by atoms with E-state index in [1.807, 2.05) is 18.7 Å². The van der Waals surface area contributed by atoms with Crippen LogP contribution in [0.2, 0.25) is 0 Å². The van der Waals surface area contributed by atoms with E-state index in [4.69, 9.17) is 5.11 Å². The Balaban J connectivity index is 2.42. The third-order valence-electron chi connectivity index (χ3n) is 3.22. The molecule has 0 aliphatic heterocycles. The lowest BCUT2D eigenvalue weighted by Gasteiger charge is -2.24. The van der Waals surface area contributed by atoms with Gasteiger partial charge in [-0.1, -0.05) is 6.07 Å². The predicted molar refractivity (Wildman–Crippen MR) is 74.5 cm³/mol. The van der Waals surface area contributed by atoms with E-state index in [9.17, 15) is 10.1 Å². The van der Waals surface area contributed by atoms with Crippen molar-refractivity contribution in [2.75, 3.05) is 13.2 Å². The lowest BCUT2D eigenvalue weighted by Crippen LogP contribution is -2.33. The van der Waals surface area contributed by atoms with Gasteiger partial charge in [0.2, 0.25) is 5.65 Å². The van der Waals surface area contributed by atoms with Crippen LogP contribution in [-0.2, 0) is 6.54 Å². The van der Waals surface area contributed by atoms with E-state index < -0.39 is 4.92 Å². The molecule has 0 unspecified atom stereocenters. The van der Waals surface area contributed by atoms with E-state index in [0.717, 1.165) is 0 Å². The standard InChI is InChI=1S/C13H18N4O3/c1-10(2)15(7-8-18)9-11-13(17(19)20)16-6-4-3-5-12(16)14-11/h3-6,10,18H,7-9H2,1-2H3. The summed E-state index contributed by atoms with van der Waals surface area (Å²) in [5.41, 5.74) is 0.977. The zero-order valence-corrected chi connectivity index (χ0v) is 11.6. The zero-order chi connectivity index (χ0) is 14.7. The Hall–Kier alpha value is -1.99. The summed E-state index contributed by atoms with van der Waals surface area (Å²) in [4.78, 5) is 17.2. The Morgan fingerprint density at radius 2 is 2.25 bits per heavy atom. The van der Waals surface area contributed by atoms with Crippen molar-refractivity contribution in [2.45, 2.75) is 26.4 Å². The van der Waals surface area contributed by atoms with Gasteiger partial charge in [-0.05, 0) is 24.8 Å². The molecule has 7 nitrogen and oxygen atoms in total. The molecular weight excluding hydrogens is 260 g/mol. The van der Waals surface area contributed by atoms with Crippen LogP contribution >= 0.6 is 0 Å². The van der Waals surface area contributed by atoms with Gasteiger partial charge in [0, 0.05) is 25.2 Å². The first-order chi connectivity index (χ1) is 9.54. The lowest BCUT2D eigenvalue weighted by atomic mass is 10.3. The molecule has 2 heterocycles. The Morgan fingerprint density at radius 3 is 2.85 bits per heavy atom. The molecule has 108 valence electrons. The van der Waals surface area contributed by atoms with Crippen LogP contribution < -0.4 is 0 Å². The molecule has 0 aromatic carbocycles. The number of nitrogens with zero attached hydrogens (tertiary/aromatic N) is 4. The second kappa shape index (κ2) is 5.98. The average molecular weight is 278 g/mol. The number of aliphatic hydroxyl groups is 1. The second-order valence-electron chi connectivity index (χ2n) is 4.86. The molecule has 0 amide bonds. The normalized spacial score (nSPS) is 11.7. The number of aromatic nitrogens is 2. The van der Waals surface area contributed by atoms with Crippen molar-refractivity contribution >= 4 is 11.5 Å². The van der Waals surface area contributed by atoms with Crippen LogP contribution in [0.5, 0.6) is 0 Å². The molecule has 0 bridgehead atoms. The Kier molecular flexibility index (Phi) is 4.31. The van der Waals surface area contributed by atoms with Crippen LogP contribution in [0.25, 0.3) is 5.65 Å². The highest BCUT2D eigenvalue weighted by Crippen LogP contribution is 2.22. The fourth-order valence-electron chi connectivity index (χ4n) is 2.17. The van der Waals surface area contributed by atoms with Crippen LogP contribution in [0.4, 0.5) is 5.82 Å². The minimum Gasteiger partial charge on any atom is -0.395 e. The van der Waals surface area contributed by atoms with Gasteiger partial charge in [-0.3, -0.25) is 4.90 Å². The van der Waals surface area contributed by atoms with Gasteiger partial charge in [0.05, 0.1) is 12.8 Å². The van der Waals surface area contributed by atoms with Gasteiger partial charge < -0.3 is 15.2 Å². The van der Waals surface area contributed by atoms with Gasteiger partial charge in [-0.25, -0.2) is 4.98 Å². The number of aliphatic hydroxyl groups excluding tert-OH is 1. The first-order valence-corrected chi connectivity index (χ1v) is 6.50. The highest BCUT2D eigenvalue weighted by Gasteiger charge is 2.24. The molecule has 2 aromatic rings. The van der Waals surface area contributed by atoms with Gasteiger partial charge in [-0.2, -0.15) is 4.40 Å². The monoisotopic (exact) mass is 278 g/mol. The van der Waals surface area contributed by atoms with E-state index in [-0.39, 0.29) is 18.5 Å². The van der Waals surface area contributed by atoms with Crippen molar-refractivity contribution in [1.82, 2.24) is 14.3 Å². The second-order valence-corrected chi connectivity index (χ2v) is 4.86. The molecule has 0 saturated heterocycles. The summed E-state index contributed by atoms with van der Waals surface area (Å²) in [6, 6.07) is 5.44. The van der Waals surface area contributed by atoms with Crippen molar-refractivity contribution in [3.63, 3.8) is 0 Å². The van der Waals surface area contributed by atoms with E-state index >= 15 is 0 Å². The van der Waals surface area contributed by atoms with Crippen LogP contribution in [0.3, 0.4) is 0 Å². The summed E-state index contributed by atoms with van der Waals surface area (Å²) in [5, 5.41) is 20.4. The molecule has 0 atom stereocenters. The number of nitro groups is 1. The molecule has 0 fully saturated rings. The van der Waals surface area contributed by atoms with Crippen molar-refractivity contribution in [3.05, 3.63) is 40.2 Å². The summed E-state index contributed by atoms with van der Waals surface area (Å²) in [6.45, 7) is 4.78. The molecule has 0 aliphatic rings. The van der Waals surface area contributed by atoms with E-state index in [1.165, 1.54) is 4.40 Å². The van der Waals surface area contributed by atoms with E-state index in [0.29, 0.717) is 24.4 Å². The summed E-state index contributed by atoms with van der Waals surface area (Å²) in [7, 11) is 0. The number of rotatable bonds is 6. The molecule has 0 radical (unpaired) electrons. The fraction of sp³-hybridized carbons (Fsp3) is 0.462. The van der Waals surface area contributed by atoms with Crippen molar-refractivity contribution in [2.24, 2.45) is 0 Å². The lowest BCUT2D eigenvalue weighted by molar-refractivity contribution is -0.391. The van der Waals surface area contributed by atoms with Crippen molar-refractivity contribution < 1.29 is 10.0 Å². The maximum Gasteiger partial charge on any atom is 0.352 e. The molecule has 2 aromatic heterocycles.